The fourth-order valence-electron chi connectivity index (χ4n) is 2.50. The molecule has 0 bridgehead atoms. The summed E-state index contributed by atoms with van der Waals surface area (Å²) in [6.07, 6.45) is 5.00. The third kappa shape index (κ3) is 3.86. The average Bonchev–Trinajstić information content (AvgIpc) is 3.18. The standard InChI is InChI=1S/C10H6ClNO2.C10H7NO2/c11-7-3-1-2-4-8(7)12-9(13)5-6-10(12)14;12-9-6-7-10(13)11(9)8-4-2-1-3-5-8/h1-6H;1-7H. The molecule has 0 unspecified atom stereocenters. The molecule has 0 saturated heterocycles. The van der Waals surface area contributed by atoms with Gasteiger partial charge in [0, 0.05) is 24.3 Å². The number of para-hydroxylation sites is 2. The Labute approximate surface area is 159 Å². The minimum absolute atomic E-state index is 0.281. The van der Waals surface area contributed by atoms with E-state index in [1.54, 1.807) is 48.5 Å². The van der Waals surface area contributed by atoms with Crippen molar-refractivity contribution in [2.24, 2.45) is 0 Å². The number of anilines is 2. The number of hydrogen-bond acceptors (Lipinski definition) is 4. The molecule has 2 heterocycles. The maximum Gasteiger partial charge on any atom is 0.258 e. The summed E-state index contributed by atoms with van der Waals surface area (Å²) in [5.41, 5.74) is 1.04. The lowest BCUT2D eigenvalue weighted by Gasteiger charge is -2.14. The Kier molecular flexibility index (Phi) is 5.28. The highest BCUT2D eigenvalue weighted by Crippen LogP contribution is 2.27. The Hall–Kier alpha value is -3.51. The molecule has 0 aliphatic carbocycles. The number of amides is 4. The summed E-state index contributed by atoms with van der Waals surface area (Å²) >= 11 is 5.86. The Morgan fingerprint density at radius 2 is 1.00 bits per heavy atom. The molecule has 0 atom stereocenters. The quantitative estimate of drug-likeness (QED) is 0.751. The summed E-state index contributed by atoms with van der Waals surface area (Å²) in [6.45, 7) is 0. The van der Waals surface area contributed by atoms with E-state index in [2.05, 4.69) is 0 Å². The summed E-state index contributed by atoms with van der Waals surface area (Å²) in [5, 5.41) is 0.387. The molecule has 27 heavy (non-hydrogen) atoms. The highest BCUT2D eigenvalue weighted by atomic mass is 35.5. The van der Waals surface area contributed by atoms with E-state index in [1.165, 1.54) is 24.3 Å². The molecule has 0 fully saturated rings. The fraction of sp³-hybridized carbons (Fsp3) is 0. The summed E-state index contributed by atoms with van der Waals surface area (Å²) in [5.74, 6) is -1.28. The van der Waals surface area contributed by atoms with E-state index in [9.17, 15) is 19.2 Å². The van der Waals surface area contributed by atoms with Crippen molar-refractivity contribution in [1.29, 1.82) is 0 Å². The van der Waals surface area contributed by atoms with Gasteiger partial charge < -0.3 is 0 Å². The smallest absolute Gasteiger partial charge is 0.258 e. The first-order valence-corrected chi connectivity index (χ1v) is 8.28. The topological polar surface area (TPSA) is 74.8 Å². The molecule has 4 rings (SSSR count). The summed E-state index contributed by atoms with van der Waals surface area (Å²) in [7, 11) is 0. The van der Waals surface area contributed by atoms with Crippen molar-refractivity contribution in [2.45, 2.75) is 0 Å². The average molecular weight is 381 g/mol. The van der Waals surface area contributed by atoms with Gasteiger partial charge >= 0.3 is 0 Å². The van der Waals surface area contributed by atoms with Gasteiger partial charge in [-0.2, -0.15) is 0 Å². The highest BCUT2D eigenvalue weighted by molar-refractivity contribution is 6.37. The molecule has 2 aliphatic heterocycles. The van der Waals surface area contributed by atoms with Crippen LogP contribution in [0.15, 0.2) is 78.9 Å². The third-order valence-corrected chi connectivity index (χ3v) is 4.05. The fourth-order valence-corrected chi connectivity index (χ4v) is 2.72. The maximum atomic E-state index is 11.3. The van der Waals surface area contributed by atoms with Gasteiger partial charge in [0.25, 0.3) is 23.6 Å². The minimum Gasteiger partial charge on any atom is -0.269 e. The molecule has 134 valence electrons. The van der Waals surface area contributed by atoms with Gasteiger partial charge in [0.2, 0.25) is 0 Å². The van der Waals surface area contributed by atoms with Crippen molar-refractivity contribution in [3.63, 3.8) is 0 Å². The molecule has 7 heteroatoms. The first kappa shape index (κ1) is 18.3. The molecule has 0 spiro atoms. The molecular weight excluding hydrogens is 368 g/mol. The molecule has 2 aliphatic rings. The Bertz CT molecular complexity index is 946. The zero-order valence-electron chi connectivity index (χ0n) is 13.9. The van der Waals surface area contributed by atoms with E-state index in [-0.39, 0.29) is 23.6 Å². The molecule has 0 aromatic heterocycles. The van der Waals surface area contributed by atoms with Crippen LogP contribution < -0.4 is 9.80 Å². The van der Waals surface area contributed by atoms with Gasteiger partial charge in [0.05, 0.1) is 16.4 Å². The number of hydrogen-bond donors (Lipinski definition) is 0. The molecule has 4 amide bonds. The van der Waals surface area contributed by atoms with Crippen molar-refractivity contribution < 1.29 is 19.2 Å². The second kappa shape index (κ2) is 7.80. The van der Waals surface area contributed by atoms with Crippen LogP contribution in [0.25, 0.3) is 0 Å². The molecule has 2 aromatic carbocycles. The summed E-state index contributed by atoms with van der Waals surface area (Å²) < 4.78 is 0. The van der Waals surface area contributed by atoms with Gasteiger partial charge in [0.1, 0.15) is 0 Å². The Morgan fingerprint density at radius 3 is 1.52 bits per heavy atom. The van der Waals surface area contributed by atoms with E-state index >= 15 is 0 Å². The highest BCUT2D eigenvalue weighted by Gasteiger charge is 2.26. The van der Waals surface area contributed by atoms with Crippen molar-refractivity contribution in [2.75, 3.05) is 9.80 Å². The molecule has 0 radical (unpaired) electrons. The second-order valence-electron chi connectivity index (χ2n) is 5.48. The van der Waals surface area contributed by atoms with Crippen LogP contribution in [0.5, 0.6) is 0 Å². The van der Waals surface area contributed by atoms with Crippen LogP contribution in [-0.2, 0) is 19.2 Å². The van der Waals surface area contributed by atoms with E-state index in [1.807, 2.05) is 6.07 Å². The van der Waals surface area contributed by atoms with Crippen LogP contribution in [0.4, 0.5) is 11.4 Å². The monoisotopic (exact) mass is 380 g/mol. The normalized spacial score (nSPS) is 15.4. The number of benzene rings is 2. The largest absolute Gasteiger partial charge is 0.269 e. The zero-order chi connectivity index (χ0) is 19.4. The van der Waals surface area contributed by atoms with Crippen molar-refractivity contribution in [1.82, 2.24) is 0 Å². The van der Waals surface area contributed by atoms with Crippen molar-refractivity contribution >= 4 is 46.6 Å². The predicted octanol–water partition coefficient (Wildman–Crippen LogP) is 2.89. The molecule has 0 saturated carbocycles. The van der Waals surface area contributed by atoms with Crippen LogP contribution in [0.1, 0.15) is 0 Å². The zero-order valence-corrected chi connectivity index (χ0v) is 14.7. The van der Waals surface area contributed by atoms with Crippen LogP contribution >= 0.6 is 11.6 Å². The first-order chi connectivity index (χ1) is 13.0. The van der Waals surface area contributed by atoms with Gasteiger partial charge in [-0.25, -0.2) is 9.80 Å². The molecule has 6 nitrogen and oxygen atoms in total. The van der Waals surface area contributed by atoms with E-state index in [0.29, 0.717) is 16.4 Å². The number of nitrogens with zero attached hydrogens (tertiary/aromatic N) is 2. The van der Waals surface area contributed by atoms with Gasteiger partial charge in [-0.15, -0.1) is 0 Å². The first-order valence-electron chi connectivity index (χ1n) is 7.91. The SMILES string of the molecule is O=C1C=CC(=O)N1c1ccccc1.O=C1C=CC(=O)N1c1ccccc1Cl. The number of carbonyl (C=O) groups excluding carboxylic acids is 4. The summed E-state index contributed by atoms with van der Waals surface area (Å²) in [4.78, 5) is 47.2. The number of imide groups is 2. The van der Waals surface area contributed by atoms with Crippen LogP contribution in [-0.4, -0.2) is 23.6 Å². The van der Waals surface area contributed by atoms with E-state index in [0.717, 1.165) is 9.80 Å². The Morgan fingerprint density at radius 1 is 0.556 bits per heavy atom. The molecule has 2 aromatic rings. The van der Waals surface area contributed by atoms with Crippen LogP contribution in [0.3, 0.4) is 0 Å². The lowest BCUT2D eigenvalue weighted by atomic mass is 10.3. The van der Waals surface area contributed by atoms with Crippen LogP contribution in [0, 0.1) is 0 Å². The lowest BCUT2D eigenvalue weighted by molar-refractivity contribution is -0.121. The minimum atomic E-state index is -0.358. The van der Waals surface area contributed by atoms with Gasteiger partial charge in [-0.3, -0.25) is 19.2 Å². The third-order valence-electron chi connectivity index (χ3n) is 3.73. The molecule has 0 N–H and O–H groups in total. The Balaban J connectivity index is 0.000000156. The van der Waals surface area contributed by atoms with Gasteiger partial charge in [-0.1, -0.05) is 41.9 Å². The van der Waals surface area contributed by atoms with Gasteiger partial charge in [0.15, 0.2) is 0 Å². The lowest BCUT2D eigenvalue weighted by Crippen LogP contribution is -2.29. The van der Waals surface area contributed by atoms with Crippen molar-refractivity contribution in [3.8, 4) is 0 Å². The number of halogens is 1. The van der Waals surface area contributed by atoms with Crippen molar-refractivity contribution in [3.05, 3.63) is 83.9 Å². The number of rotatable bonds is 2. The second-order valence-corrected chi connectivity index (χ2v) is 5.88. The molecular formula is C20H13ClN2O4. The predicted molar refractivity (Wildman–Crippen MR) is 101 cm³/mol. The number of carbonyl (C=O) groups is 4. The summed E-state index contributed by atoms with van der Waals surface area (Å²) in [6, 6.07) is 15.6. The van der Waals surface area contributed by atoms with Gasteiger partial charge in [-0.05, 0) is 24.3 Å². The van der Waals surface area contributed by atoms with E-state index < -0.39 is 0 Å². The maximum absolute atomic E-state index is 11.3. The van der Waals surface area contributed by atoms with Crippen LogP contribution in [0.2, 0.25) is 5.02 Å². The van der Waals surface area contributed by atoms with E-state index in [4.69, 9.17) is 11.6 Å².